The van der Waals surface area contributed by atoms with Gasteiger partial charge in [0, 0.05) is 23.9 Å². The van der Waals surface area contributed by atoms with Crippen LogP contribution in [0.25, 0.3) is 11.1 Å². The molecule has 3 rings (SSSR count). The number of benzene rings is 1. The van der Waals surface area contributed by atoms with Crippen LogP contribution in [0.1, 0.15) is 107 Å². The molecular formula is C35H48N2O2. The summed E-state index contributed by atoms with van der Waals surface area (Å²) in [4.78, 5) is 4.94. The summed E-state index contributed by atoms with van der Waals surface area (Å²) in [6, 6.07) is 5.73. The van der Waals surface area contributed by atoms with Crippen molar-refractivity contribution in [2.24, 2.45) is 0 Å². The van der Waals surface area contributed by atoms with Crippen LogP contribution in [0.4, 0.5) is 0 Å². The van der Waals surface area contributed by atoms with Gasteiger partial charge in [0.15, 0.2) is 0 Å². The molecule has 1 aliphatic heterocycles. The Morgan fingerprint density at radius 3 is 2.62 bits per heavy atom. The SMILES string of the molecule is CCC/C=C/C(=C\C(CC(C)c1c(O)ccc(C)c1O)=C(/C)CCC)c1cnc(C2=CCNCC2)cc1CC. The monoisotopic (exact) mass is 528 g/mol. The van der Waals surface area contributed by atoms with E-state index in [2.05, 4.69) is 76.5 Å². The standard InChI is InChI=1S/C35H48N2O2/c1-7-10-11-13-29(31-23-37-32(22-27(31)9-3)28-16-18-36-19-17-28)21-30(24(4)12-8-2)20-26(6)34-33(38)15-14-25(5)35(34)39/h11,13-16,21-23,26,36,38-39H,7-10,12,17-20H2,1-6H3/b13-11+,29-21+,30-24+. The Bertz CT molecular complexity index is 1250. The van der Waals surface area contributed by atoms with E-state index in [1.807, 2.05) is 6.92 Å². The summed E-state index contributed by atoms with van der Waals surface area (Å²) in [7, 11) is 0. The van der Waals surface area contributed by atoms with Gasteiger partial charge in [0.05, 0.1) is 5.69 Å². The number of hydrogen-bond donors (Lipinski definition) is 3. The third-order valence-electron chi connectivity index (χ3n) is 7.74. The molecule has 0 amide bonds. The highest BCUT2D eigenvalue weighted by molar-refractivity contribution is 5.79. The number of pyridine rings is 1. The lowest BCUT2D eigenvalue weighted by Crippen LogP contribution is -2.20. The van der Waals surface area contributed by atoms with Gasteiger partial charge in [0.25, 0.3) is 0 Å². The Balaban J connectivity index is 2.10. The lowest BCUT2D eigenvalue weighted by atomic mass is 9.86. The fourth-order valence-electron chi connectivity index (χ4n) is 5.38. The zero-order valence-corrected chi connectivity index (χ0v) is 24.9. The average molecular weight is 529 g/mol. The number of unbranched alkanes of at least 4 members (excludes halogenated alkanes) is 1. The number of aromatic nitrogens is 1. The van der Waals surface area contributed by atoms with Crippen LogP contribution in [0.5, 0.6) is 11.5 Å². The molecule has 1 aromatic heterocycles. The quantitative estimate of drug-likeness (QED) is 0.241. The fraction of sp³-hybridized carbons (Fsp3) is 0.457. The molecule has 2 aromatic rings. The van der Waals surface area contributed by atoms with E-state index in [0.29, 0.717) is 5.56 Å². The Kier molecular flexibility index (Phi) is 11.6. The molecule has 0 spiro atoms. The van der Waals surface area contributed by atoms with Gasteiger partial charge in [-0.2, -0.15) is 0 Å². The summed E-state index contributed by atoms with van der Waals surface area (Å²) in [5.41, 5.74) is 10.1. The molecule has 39 heavy (non-hydrogen) atoms. The normalized spacial score (nSPS) is 15.8. The van der Waals surface area contributed by atoms with E-state index < -0.39 is 0 Å². The van der Waals surface area contributed by atoms with Gasteiger partial charge in [0.1, 0.15) is 11.5 Å². The maximum atomic E-state index is 10.8. The molecule has 0 aliphatic carbocycles. The number of nitrogens with one attached hydrogen (secondary N) is 1. The van der Waals surface area contributed by atoms with Crippen molar-refractivity contribution in [2.45, 2.75) is 92.4 Å². The van der Waals surface area contributed by atoms with Gasteiger partial charge < -0.3 is 15.5 Å². The van der Waals surface area contributed by atoms with E-state index in [0.717, 1.165) is 69.3 Å². The lowest BCUT2D eigenvalue weighted by Gasteiger charge is -2.20. The summed E-state index contributed by atoms with van der Waals surface area (Å²) in [5.74, 6) is 0.314. The van der Waals surface area contributed by atoms with Gasteiger partial charge in [-0.15, -0.1) is 0 Å². The third kappa shape index (κ3) is 7.95. The van der Waals surface area contributed by atoms with Crippen molar-refractivity contribution in [2.75, 3.05) is 13.1 Å². The predicted molar refractivity (Wildman–Crippen MR) is 166 cm³/mol. The fourth-order valence-corrected chi connectivity index (χ4v) is 5.38. The van der Waals surface area contributed by atoms with Gasteiger partial charge >= 0.3 is 0 Å². The molecule has 4 nitrogen and oxygen atoms in total. The predicted octanol–water partition coefficient (Wildman–Crippen LogP) is 8.79. The van der Waals surface area contributed by atoms with Crippen LogP contribution in [0.2, 0.25) is 0 Å². The summed E-state index contributed by atoms with van der Waals surface area (Å²) in [6.45, 7) is 14.7. The molecule has 210 valence electrons. The number of phenolic OH excluding ortho intramolecular Hbond substituents is 2. The Morgan fingerprint density at radius 1 is 1.15 bits per heavy atom. The van der Waals surface area contributed by atoms with Crippen molar-refractivity contribution in [3.8, 4) is 11.5 Å². The number of hydrogen-bond acceptors (Lipinski definition) is 4. The second-order valence-electron chi connectivity index (χ2n) is 10.9. The van der Waals surface area contributed by atoms with E-state index in [4.69, 9.17) is 4.98 Å². The van der Waals surface area contributed by atoms with Crippen molar-refractivity contribution in [1.82, 2.24) is 10.3 Å². The van der Waals surface area contributed by atoms with Crippen LogP contribution in [-0.4, -0.2) is 28.3 Å². The van der Waals surface area contributed by atoms with Crippen LogP contribution in [-0.2, 0) is 6.42 Å². The first-order valence-electron chi connectivity index (χ1n) is 14.8. The molecule has 0 radical (unpaired) electrons. The number of allylic oxidation sites excluding steroid dienone is 6. The molecule has 3 N–H and O–H groups in total. The van der Waals surface area contributed by atoms with Crippen LogP contribution in [0.15, 0.2) is 59.8 Å². The molecule has 0 saturated carbocycles. The van der Waals surface area contributed by atoms with Crippen LogP contribution >= 0.6 is 0 Å². The van der Waals surface area contributed by atoms with Gasteiger partial charge in [-0.3, -0.25) is 4.98 Å². The first-order chi connectivity index (χ1) is 18.8. The number of aryl methyl sites for hydroxylation is 2. The highest BCUT2D eigenvalue weighted by Gasteiger charge is 2.20. The summed E-state index contributed by atoms with van der Waals surface area (Å²) in [6.07, 6.45) is 18.1. The molecule has 2 heterocycles. The number of phenols is 2. The second kappa shape index (κ2) is 14.9. The van der Waals surface area contributed by atoms with Crippen LogP contribution < -0.4 is 5.32 Å². The molecule has 1 unspecified atom stereocenters. The zero-order chi connectivity index (χ0) is 28.4. The van der Waals surface area contributed by atoms with Gasteiger partial charge in [0.2, 0.25) is 0 Å². The molecule has 0 saturated heterocycles. The van der Waals surface area contributed by atoms with Crippen molar-refractivity contribution in [3.63, 3.8) is 0 Å². The first-order valence-corrected chi connectivity index (χ1v) is 14.8. The molecule has 4 heteroatoms. The van der Waals surface area contributed by atoms with E-state index in [1.54, 1.807) is 12.1 Å². The van der Waals surface area contributed by atoms with Crippen molar-refractivity contribution >= 4 is 11.1 Å². The number of nitrogens with zero attached hydrogens (tertiary/aromatic N) is 1. The Morgan fingerprint density at radius 2 is 1.95 bits per heavy atom. The summed E-state index contributed by atoms with van der Waals surface area (Å²) in [5, 5.41) is 24.8. The average Bonchev–Trinajstić information content (AvgIpc) is 2.94. The van der Waals surface area contributed by atoms with E-state index in [9.17, 15) is 10.2 Å². The third-order valence-corrected chi connectivity index (χ3v) is 7.74. The topological polar surface area (TPSA) is 65.4 Å². The van der Waals surface area contributed by atoms with E-state index >= 15 is 0 Å². The summed E-state index contributed by atoms with van der Waals surface area (Å²) < 4.78 is 0. The Labute approximate surface area is 236 Å². The molecule has 1 aliphatic rings. The van der Waals surface area contributed by atoms with Crippen molar-refractivity contribution in [3.05, 3.63) is 87.8 Å². The van der Waals surface area contributed by atoms with Gasteiger partial charge in [-0.05, 0) is 98.4 Å². The smallest absolute Gasteiger partial charge is 0.125 e. The number of aromatic hydroxyl groups is 2. The van der Waals surface area contributed by atoms with Gasteiger partial charge in [-0.1, -0.05) is 76.5 Å². The maximum Gasteiger partial charge on any atom is 0.125 e. The summed E-state index contributed by atoms with van der Waals surface area (Å²) >= 11 is 0. The lowest BCUT2D eigenvalue weighted by molar-refractivity contribution is 0.427. The van der Waals surface area contributed by atoms with Crippen LogP contribution in [0.3, 0.4) is 0 Å². The molecular weight excluding hydrogens is 480 g/mol. The maximum absolute atomic E-state index is 10.8. The highest BCUT2D eigenvalue weighted by Crippen LogP contribution is 2.40. The molecule has 0 fully saturated rings. The minimum atomic E-state index is -0.0400. The van der Waals surface area contributed by atoms with E-state index in [-0.39, 0.29) is 17.4 Å². The molecule has 0 bridgehead atoms. The van der Waals surface area contributed by atoms with Gasteiger partial charge in [-0.25, -0.2) is 0 Å². The minimum Gasteiger partial charge on any atom is -0.508 e. The molecule has 1 aromatic carbocycles. The van der Waals surface area contributed by atoms with Crippen molar-refractivity contribution < 1.29 is 10.2 Å². The zero-order valence-electron chi connectivity index (χ0n) is 24.9. The largest absolute Gasteiger partial charge is 0.508 e. The first kappa shape index (κ1) is 30.4. The minimum absolute atomic E-state index is 0.0400. The molecule has 1 atom stereocenters. The second-order valence-corrected chi connectivity index (χ2v) is 10.9. The number of rotatable bonds is 12. The van der Waals surface area contributed by atoms with Crippen molar-refractivity contribution in [1.29, 1.82) is 0 Å². The highest BCUT2D eigenvalue weighted by atomic mass is 16.3. The Hall–Kier alpha value is -3.11. The van der Waals surface area contributed by atoms with Crippen LogP contribution in [0, 0.1) is 6.92 Å². The van der Waals surface area contributed by atoms with E-state index in [1.165, 1.54) is 33.4 Å².